The molecule has 0 saturated carbocycles. The van der Waals surface area contributed by atoms with Crippen molar-refractivity contribution >= 4 is 112 Å². The molecule has 0 saturated heterocycles. The van der Waals surface area contributed by atoms with Crippen LogP contribution >= 0.6 is 69.1 Å². The van der Waals surface area contributed by atoms with Gasteiger partial charge in [-0.3, -0.25) is 9.59 Å². The standard InChI is InChI=1S/C38H24Cl4O3S2/c1-17-13-21(14-18(2)35(17)43)29(37-33(41)31-23(39)7-5-9-27(31)46-37)25-11-12-26(45-25)30(22-15-19(3)36(44)20(4)16-22)38-34(42)32-24(40)8-6-10-28(32)47-38/h5-16H,1-4H3. The van der Waals surface area contributed by atoms with Gasteiger partial charge in [0.05, 0.1) is 29.8 Å². The van der Waals surface area contributed by atoms with Crippen molar-refractivity contribution in [1.82, 2.24) is 0 Å². The molecule has 0 N–H and O–H groups in total. The number of furan rings is 1. The van der Waals surface area contributed by atoms with Gasteiger partial charge in [-0.1, -0.05) is 58.5 Å². The zero-order chi connectivity index (χ0) is 33.3. The largest absolute Gasteiger partial charge is 0.456 e. The molecule has 2 aliphatic carbocycles. The van der Waals surface area contributed by atoms with Gasteiger partial charge in [-0.05, 0) is 122 Å². The van der Waals surface area contributed by atoms with E-state index in [2.05, 4.69) is 0 Å². The molecule has 9 heteroatoms. The SMILES string of the molecule is CC1=CC(=C(c2ccc(C(=C3C=C(C)C(=O)C(C)=C3)c3sc4cccc(Cl)c4c3Cl)o2)c2sc3cccc(Cl)c3c2Cl)C=C(C)C1=O. The normalized spacial score (nSPS) is 15.3. The van der Waals surface area contributed by atoms with Crippen LogP contribution in [0.25, 0.3) is 31.3 Å². The summed E-state index contributed by atoms with van der Waals surface area (Å²) < 4.78 is 8.67. The van der Waals surface area contributed by atoms with Gasteiger partial charge in [0, 0.05) is 31.3 Å². The summed E-state index contributed by atoms with van der Waals surface area (Å²) in [7, 11) is 0. The topological polar surface area (TPSA) is 47.3 Å². The summed E-state index contributed by atoms with van der Waals surface area (Å²) in [4.78, 5) is 27.1. The molecule has 7 rings (SSSR count). The van der Waals surface area contributed by atoms with E-state index in [-0.39, 0.29) is 11.6 Å². The third-order valence-electron chi connectivity index (χ3n) is 8.26. The summed E-state index contributed by atoms with van der Waals surface area (Å²) in [5, 5.41) is 3.65. The summed E-state index contributed by atoms with van der Waals surface area (Å²) in [6, 6.07) is 15.2. The van der Waals surface area contributed by atoms with Gasteiger partial charge in [-0.25, -0.2) is 0 Å². The first kappa shape index (κ1) is 32.1. The predicted octanol–water partition coefficient (Wildman–Crippen LogP) is 12.9. The molecule has 47 heavy (non-hydrogen) atoms. The van der Waals surface area contributed by atoms with E-state index >= 15 is 0 Å². The van der Waals surface area contributed by atoms with Gasteiger partial charge in [0.2, 0.25) is 0 Å². The summed E-state index contributed by atoms with van der Waals surface area (Å²) in [5.41, 5.74) is 5.51. The minimum Gasteiger partial charge on any atom is -0.456 e. The summed E-state index contributed by atoms with van der Waals surface area (Å²) in [6.07, 6.45) is 7.46. The smallest absolute Gasteiger partial charge is 0.184 e. The maximum Gasteiger partial charge on any atom is 0.184 e. The second-order valence-electron chi connectivity index (χ2n) is 11.5. The highest BCUT2D eigenvalue weighted by molar-refractivity contribution is 7.21. The number of carbonyl (C=O) groups excluding carboxylic acids is 2. The molecule has 2 aliphatic rings. The molecule has 0 atom stereocenters. The van der Waals surface area contributed by atoms with Gasteiger partial charge in [-0.15, -0.1) is 22.7 Å². The minimum atomic E-state index is -0.0139. The van der Waals surface area contributed by atoms with Gasteiger partial charge in [-0.2, -0.15) is 0 Å². The fraction of sp³-hybridized carbons (Fsp3) is 0.105. The quantitative estimate of drug-likeness (QED) is 0.185. The van der Waals surface area contributed by atoms with Crippen LogP contribution in [0.4, 0.5) is 0 Å². The molecule has 5 aromatic rings. The second-order valence-corrected chi connectivity index (χ2v) is 15.2. The molecule has 2 aromatic carbocycles. The van der Waals surface area contributed by atoms with Gasteiger partial charge in [0.1, 0.15) is 11.5 Å². The molecule has 0 unspecified atom stereocenters. The van der Waals surface area contributed by atoms with Crippen molar-refractivity contribution in [2.24, 2.45) is 0 Å². The number of fused-ring (bicyclic) bond motifs is 2. The Labute approximate surface area is 299 Å². The number of hydrogen-bond acceptors (Lipinski definition) is 5. The highest BCUT2D eigenvalue weighted by atomic mass is 35.5. The molecule has 3 nitrogen and oxygen atoms in total. The summed E-state index contributed by atoms with van der Waals surface area (Å²) in [5.74, 6) is 1.06. The molecule has 234 valence electrons. The van der Waals surface area contributed by atoms with E-state index in [4.69, 9.17) is 50.8 Å². The lowest BCUT2D eigenvalue weighted by Gasteiger charge is -2.15. The molecular weight excluding hydrogens is 710 g/mol. The van der Waals surface area contributed by atoms with E-state index in [1.165, 1.54) is 22.7 Å². The molecule has 3 aromatic heterocycles. The average Bonchev–Trinajstić information content (AvgIpc) is 3.72. The Morgan fingerprint density at radius 1 is 0.553 bits per heavy atom. The monoisotopic (exact) mass is 732 g/mol. The number of ketones is 2. The minimum absolute atomic E-state index is 0.0139. The van der Waals surface area contributed by atoms with Crippen LogP contribution in [0.1, 0.15) is 49.0 Å². The van der Waals surface area contributed by atoms with Crippen molar-refractivity contribution < 1.29 is 14.0 Å². The number of halogens is 4. The molecule has 0 bridgehead atoms. The lowest BCUT2D eigenvalue weighted by molar-refractivity contribution is -0.113. The van der Waals surface area contributed by atoms with Crippen LogP contribution in [-0.4, -0.2) is 11.6 Å². The lowest BCUT2D eigenvalue weighted by atomic mass is 9.91. The van der Waals surface area contributed by atoms with Crippen molar-refractivity contribution in [3.63, 3.8) is 0 Å². The van der Waals surface area contributed by atoms with Gasteiger partial charge < -0.3 is 4.42 Å². The molecule has 0 amide bonds. The number of benzene rings is 2. The zero-order valence-corrected chi connectivity index (χ0v) is 30.1. The van der Waals surface area contributed by atoms with Gasteiger partial charge >= 0.3 is 0 Å². The number of thiophene rings is 2. The van der Waals surface area contributed by atoms with Crippen LogP contribution in [0.5, 0.6) is 0 Å². The maximum atomic E-state index is 12.8. The first-order valence-electron chi connectivity index (χ1n) is 14.6. The molecule has 0 aliphatic heterocycles. The van der Waals surface area contributed by atoms with Crippen LogP contribution in [-0.2, 0) is 9.59 Å². The Balaban J connectivity index is 1.52. The van der Waals surface area contributed by atoms with Gasteiger partial charge in [0.15, 0.2) is 11.6 Å². The summed E-state index contributed by atoms with van der Waals surface area (Å²) >= 11 is 30.5. The maximum absolute atomic E-state index is 12.8. The van der Waals surface area contributed by atoms with Crippen LogP contribution < -0.4 is 0 Å². The Morgan fingerprint density at radius 2 is 0.915 bits per heavy atom. The fourth-order valence-electron chi connectivity index (χ4n) is 6.03. The Morgan fingerprint density at radius 3 is 1.26 bits per heavy atom. The summed E-state index contributed by atoms with van der Waals surface area (Å²) in [6.45, 7) is 7.22. The number of rotatable bonds is 4. The van der Waals surface area contributed by atoms with Crippen molar-refractivity contribution in [2.45, 2.75) is 27.7 Å². The van der Waals surface area contributed by atoms with E-state index in [1.807, 2.05) is 72.8 Å². The zero-order valence-electron chi connectivity index (χ0n) is 25.5. The van der Waals surface area contributed by atoms with Crippen molar-refractivity contribution in [1.29, 1.82) is 0 Å². The van der Waals surface area contributed by atoms with Crippen LogP contribution in [0.15, 0.2) is 111 Å². The third kappa shape index (κ3) is 5.44. The number of hydrogen-bond donors (Lipinski definition) is 0. The molecule has 0 radical (unpaired) electrons. The van der Waals surface area contributed by atoms with Crippen molar-refractivity contribution in [3.05, 3.63) is 148 Å². The van der Waals surface area contributed by atoms with Crippen LogP contribution in [0.3, 0.4) is 0 Å². The van der Waals surface area contributed by atoms with E-state index in [1.54, 1.807) is 27.7 Å². The number of carbonyl (C=O) groups is 2. The number of Topliss-reactive ketones (excluding diaryl/α,β-unsaturated/α-hetero) is 2. The third-order valence-corrected chi connectivity index (χ3v) is 12.2. The van der Waals surface area contributed by atoms with E-state index in [0.717, 1.165) is 52.2 Å². The molecule has 0 fully saturated rings. The Hall–Kier alpha value is -3.42. The Bertz CT molecular complexity index is 2210. The highest BCUT2D eigenvalue weighted by Crippen LogP contribution is 2.49. The van der Waals surface area contributed by atoms with Crippen LogP contribution in [0, 0.1) is 0 Å². The molecule has 3 heterocycles. The van der Waals surface area contributed by atoms with E-state index in [0.29, 0.717) is 53.9 Å². The van der Waals surface area contributed by atoms with Crippen molar-refractivity contribution in [3.8, 4) is 0 Å². The first-order chi connectivity index (χ1) is 22.4. The first-order valence-corrected chi connectivity index (χ1v) is 17.7. The van der Waals surface area contributed by atoms with E-state index < -0.39 is 0 Å². The van der Waals surface area contributed by atoms with Crippen molar-refractivity contribution in [2.75, 3.05) is 0 Å². The fourth-order valence-corrected chi connectivity index (χ4v) is 10.1. The predicted molar refractivity (Wildman–Crippen MR) is 199 cm³/mol. The lowest BCUT2D eigenvalue weighted by Crippen LogP contribution is -2.07. The average molecular weight is 735 g/mol. The highest BCUT2D eigenvalue weighted by Gasteiger charge is 2.28. The van der Waals surface area contributed by atoms with E-state index in [9.17, 15) is 9.59 Å². The Kier molecular flexibility index (Phi) is 8.36. The molecular formula is C38H24Cl4O3S2. The van der Waals surface area contributed by atoms with Gasteiger partial charge in [0.25, 0.3) is 0 Å². The number of allylic oxidation sites excluding steroid dienone is 10. The van der Waals surface area contributed by atoms with Crippen LogP contribution in [0.2, 0.25) is 20.1 Å². The molecule has 0 spiro atoms. The second kappa shape index (κ2) is 12.2.